The maximum absolute atomic E-state index is 12.9. The highest BCUT2D eigenvalue weighted by Gasteiger charge is 2.35. The molecule has 3 aromatic rings. The maximum atomic E-state index is 12.9. The Morgan fingerprint density at radius 1 is 1.03 bits per heavy atom. The van der Waals surface area contributed by atoms with Gasteiger partial charge in [0.2, 0.25) is 0 Å². The average Bonchev–Trinajstić information content (AvgIpc) is 3.15. The standard InChI is InChI=1S/C26H21ClINO7S2/c1-2-34-22-15-17(14-21(28)24(22)36-38(32,33)20-6-4-3-5-7-20)16-23-25(30)29(26(31)37-23)12-13-35-19-10-8-18(27)9-11-19/h3-11,14-16H,2,12-13H2,1H3/b23-16-. The first-order chi connectivity index (χ1) is 18.2. The van der Waals surface area contributed by atoms with E-state index in [-0.39, 0.29) is 41.1 Å². The lowest BCUT2D eigenvalue weighted by molar-refractivity contribution is -0.123. The Morgan fingerprint density at radius 2 is 1.74 bits per heavy atom. The van der Waals surface area contributed by atoms with Gasteiger partial charge in [-0.05, 0) is 101 Å². The van der Waals surface area contributed by atoms with Gasteiger partial charge in [0.05, 0.1) is 21.6 Å². The van der Waals surface area contributed by atoms with Gasteiger partial charge in [0.15, 0.2) is 11.5 Å². The summed E-state index contributed by atoms with van der Waals surface area (Å²) in [6, 6.07) is 17.8. The van der Waals surface area contributed by atoms with Crippen molar-refractivity contribution in [3.63, 3.8) is 0 Å². The summed E-state index contributed by atoms with van der Waals surface area (Å²) in [5, 5.41) is 0.169. The lowest BCUT2D eigenvalue weighted by Gasteiger charge is -2.15. The highest BCUT2D eigenvalue weighted by molar-refractivity contribution is 14.1. The van der Waals surface area contributed by atoms with E-state index in [9.17, 15) is 18.0 Å². The van der Waals surface area contributed by atoms with Crippen molar-refractivity contribution in [3.05, 3.63) is 85.8 Å². The fraction of sp³-hybridized carbons (Fsp3) is 0.154. The van der Waals surface area contributed by atoms with Crippen LogP contribution in [0, 0.1) is 3.57 Å². The van der Waals surface area contributed by atoms with Gasteiger partial charge in [-0.2, -0.15) is 8.42 Å². The van der Waals surface area contributed by atoms with Crippen LogP contribution < -0.4 is 13.7 Å². The van der Waals surface area contributed by atoms with Crippen LogP contribution in [0.5, 0.6) is 17.2 Å². The molecule has 198 valence electrons. The summed E-state index contributed by atoms with van der Waals surface area (Å²) in [7, 11) is -4.09. The van der Waals surface area contributed by atoms with E-state index in [4.69, 9.17) is 25.3 Å². The molecule has 2 amide bonds. The molecular formula is C26H21ClINO7S2. The Kier molecular flexibility index (Phi) is 9.23. The van der Waals surface area contributed by atoms with Crippen molar-refractivity contribution >= 4 is 73.3 Å². The van der Waals surface area contributed by atoms with Crippen LogP contribution in [0.1, 0.15) is 12.5 Å². The SMILES string of the molecule is CCOc1cc(/C=C2\SC(=O)N(CCOc3ccc(Cl)cc3)C2=O)cc(I)c1OS(=O)(=O)c1ccccc1. The number of rotatable bonds is 10. The van der Waals surface area contributed by atoms with E-state index in [1.165, 1.54) is 12.1 Å². The molecule has 1 saturated heterocycles. The molecule has 0 aliphatic carbocycles. The van der Waals surface area contributed by atoms with E-state index in [1.807, 2.05) is 22.6 Å². The second-order valence-corrected chi connectivity index (χ2v) is 11.9. The quantitative estimate of drug-likeness (QED) is 0.141. The number of benzene rings is 3. The number of hydrogen-bond acceptors (Lipinski definition) is 8. The summed E-state index contributed by atoms with van der Waals surface area (Å²) in [5.41, 5.74) is 0.547. The summed E-state index contributed by atoms with van der Waals surface area (Å²) in [4.78, 5) is 26.8. The van der Waals surface area contributed by atoms with Crippen molar-refractivity contribution in [1.29, 1.82) is 0 Å². The van der Waals surface area contributed by atoms with Gasteiger partial charge in [-0.15, -0.1) is 0 Å². The number of thioether (sulfide) groups is 1. The molecule has 0 spiro atoms. The van der Waals surface area contributed by atoms with E-state index < -0.39 is 21.3 Å². The van der Waals surface area contributed by atoms with Crippen LogP contribution in [0.15, 0.2) is 76.5 Å². The van der Waals surface area contributed by atoms with Crippen LogP contribution in [-0.4, -0.2) is 44.2 Å². The van der Waals surface area contributed by atoms with Crippen molar-refractivity contribution in [2.24, 2.45) is 0 Å². The molecule has 12 heteroatoms. The third-order valence-electron chi connectivity index (χ3n) is 5.13. The molecule has 0 unspecified atom stereocenters. The minimum atomic E-state index is -4.09. The van der Waals surface area contributed by atoms with Gasteiger partial charge in [-0.25, -0.2) is 0 Å². The molecule has 0 saturated carbocycles. The highest BCUT2D eigenvalue weighted by atomic mass is 127. The van der Waals surface area contributed by atoms with E-state index >= 15 is 0 Å². The van der Waals surface area contributed by atoms with Gasteiger partial charge in [-0.3, -0.25) is 14.5 Å². The molecule has 1 heterocycles. The molecule has 1 fully saturated rings. The molecule has 0 atom stereocenters. The Balaban J connectivity index is 1.51. The number of carbonyl (C=O) groups excluding carboxylic acids is 2. The third kappa shape index (κ3) is 6.82. The Bertz CT molecular complexity index is 1480. The fourth-order valence-corrected chi connectivity index (χ4v) is 6.24. The second kappa shape index (κ2) is 12.4. The number of halogens is 2. The van der Waals surface area contributed by atoms with Crippen molar-refractivity contribution in [2.45, 2.75) is 11.8 Å². The Labute approximate surface area is 243 Å². The molecule has 0 aromatic heterocycles. The molecule has 4 rings (SSSR count). The topological polar surface area (TPSA) is 99.2 Å². The number of hydrogen-bond donors (Lipinski definition) is 0. The number of carbonyl (C=O) groups is 2. The summed E-state index contributed by atoms with van der Waals surface area (Å²) in [6.45, 7) is 2.22. The lowest BCUT2D eigenvalue weighted by Crippen LogP contribution is -2.32. The predicted octanol–water partition coefficient (Wildman–Crippen LogP) is 6.23. The highest BCUT2D eigenvalue weighted by Crippen LogP contribution is 2.38. The molecule has 1 aliphatic rings. The Hall–Kier alpha value is -2.74. The van der Waals surface area contributed by atoms with Gasteiger partial charge < -0.3 is 13.7 Å². The number of imide groups is 1. The molecule has 3 aromatic carbocycles. The maximum Gasteiger partial charge on any atom is 0.339 e. The largest absolute Gasteiger partial charge is 0.492 e. The summed E-state index contributed by atoms with van der Waals surface area (Å²) < 4.78 is 42.7. The second-order valence-electron chi connectivity index (χ2n) is 7.75. The Morgan fingerprint density at radius 3 is 2.42 bits per heavy atom. The first kappa shape index (κ1) is 28.3. The van der Waals surface area contributed by atoms with Crippen LogP contribution in [-0.2, 0) is 14.9 Å². The van der Waals surface area contributed by atoms with Crippen molar-refractivity contribution < 1.29 is 31.7 Å². The van der Waals surface area contributed by atoms with Gasteiger partial charge in [0.25, 0.3) is 11.1 Å². The zero-order valence-corrected chi connectivity index (χ0v) is 24.5. The minimum absolute atomic E-state index is 0.0102. The van der Waals surface area contributed by atoms with Gasteiger partial charge >= 0.3 is 10.1 Å². The zero-order chi connectivity index (χ0) is 27.3. The molecule has 8 nitrogen and oxygen atoms in total. The third-order valence-corrected chi connectivity index (χ3v) is 8.32. The monoisotopic (exact) mass is 685 g/mol. The zero-order valence-electron chi connectivity index (χ0n) is 19.9. The molecule has 38 heavy (non-hydrogen) atoms. The van der Waals surface area contributed by atoms with Crippen molar-refractivity contribution in [3.8, 4) is 17.2 Å². The minimum Gasteiger partial charge on any atom is -0.492 e. The summed E-state index contributed by atoms with van der Waals surface area (Å²) in [5.74, 6) is 0.368. The van der Waals surface area contributed by atoms with Gasteiger partial charge in [0.1, 0.15) is 17.3 Å². The molecule has 0 N–H and O–H groups in total. The van der Waals surface area contributed by atoms with Crippen LogP contribution in [0.2, 0.25) is 5.02 Å². The van der Waals surface area contributed by atoms with E-state index in [0.717, 1.165) is 16.7 Å². The molecular weight excluding hydrogens is 665 g/mol. The van der Waals surface area contributed by atoms with Gasteiger partial charge in [0, 0.05) is 5.02 Å². The van der Waals surface area contributed by atoms with E-state index in [0.29, 0.717) is 19.9 Å². The van der Waals surface area contributed by atoms with Gasteiger partial charge in [-0.1, -0.05) is 29.8 Å². The molecule has 0 bridgehead atoms. The normalized spacial score (nSPS) is 14.7. The summed E-state index contributed by atoms with van der Waals surface area (Å²) in [6.07, 6.45) is 1.56. The molecule has 0 radical (unpaired) electrons. The average molecular weight is 686 g/mol. The number of nitrogens with zero attached hydrogens (tertiary/aromatic N) is 1. The lowest BCUT2D eigenvalue weighted by atomic mass is 10.2. The van der Waals surface area contributed by atoms with E-state index in [2.05, 4.69) is 0 Å². The smallest absolute Gasteiger partial charge is 0.339 e. The van der Waals surface area contributed by atoms with Crippen LogP contribution in [0.3, 0.4) is 0 Å². The first-order valence-electron chi connectivity index (χ1n) is 11.3. The van der Waals surface area contributed by atoms with Crippen LogP contribution >= 0.6 is 46.0 Å². The summed E-state index contributed by atoms with van der Waals surface area (Å²) >= 11 is 8.63. The number of amides is 2. The van der Waals surface area contributed by atoms with Crippen LogP contribution in [0.25, 0.3) is 6.08 Å². The first-order valence-corrected chi connectivity index (χ1v) is 15.0. The fourth-order valence-electron chi connectivity index (χ4n) is 3.39. The van der Waals surface area contributed by atoms with E-state index in [1.54, 1.807) is 67.6 Å². The van der Waals surface area contributed by atoms with Crippen molar-refractivity contribution in [1.82, 2.24) is 4.90 Å². The van der Waals surface area contributed by atoms with Crippen LogP contribution in [0.4, 0.5) is 4.79 Å². The van der Waals surface area contributed by atoms with Crippen molar-refractivity contribution in [2.75, 3.05) is 19.8 Å². The predicted molar refractivity (Wildman–Crippen MR) is 154 cm³/mol. The molecule has 1 aliphatic heterocycles. The number of ether oxygens (including phenoxy) is 2.